The number of carbonyl (C=O) groups excluding carboxylic acids is 2. The van der Waals surface area contributed by atoms with Crippen molar-refractivity contribution in [1.82, 2.24) is 14.5 Å². The second kappa shape index (κ2) is 12.3. The van der Waals surface area contributed by atoms with Crippen molar-refractivity contribution in [3.05, 3.63) is 65.7 Å². The van der Waals surface area contributed by atoms with Crippen LogP contribution < -0.4 is 5.32 Å². The maximum Gasteiger partial charge on any atom is 0.328 e. The van der Waals surface area contributed by atoms with Crippen LogP contribution in [0.1, 0.15) is 30.4 Å². The van der Waals surface area contributed by atoms with Crippen molar-refractivity contribution in [2.45, 2.75) is 43.7 Å². The van der Waals surface area contributed by atoms with E-state index in [4.69, 9.17) is 4.74 Å². The fourth-order valence-corrected chi connectivity index (χ4v) is 5.46. The molecular formula is C26H35N3O5S. The number of piperidine rings is 1. The summed E-state index contributed by atoms with van der Waals surface area (Å²) in [6.07, 6.45) is 2.29. The third-order valence-electron chi connectivity index (χ3n) is 6.44. The number of hydrogen-bond donors (Lipinski definition) is 1. The molecule has 0 bridgehead atoms. The van der Waals surface area contributed by atoms with Crippen LogP contribution in [0.5, 0.6) is 0 Å². The largest absolute Gasteiger partial charge is 0.467 e. The van der Waals surface area contributed by atoms with Crippen LogP contribution in [-0.4, -0.2) is 69.3 Å². The molecule has 3 rings (SSSR count). The van der Waals surface area contributed by atoms with Crippen molar-refractivity contribution in [3.8, 4) is 0 Å². The topological polar surface area (TPSA) is 96.0 Å². The Hall–Kier alpha value is -2.75. The van der Waals surface area contributed by atoms with Crippen LogP contribution in [0.4, 0.5) is 0 Å². The van der Waals surface area contributed by atoms with Crippen molar-refractivity contribution in [1.29, 1.82) is 0 Å². The van der Waals surface area contributed by atoms with Gasteiger partial charge in [0.05, 0.1) is 18.6 Å². The Morgan fingerprint density at radius 2 is 1.71 bits per heavy atom. The van der Waals surface area contributed by atoms with E-state index < -0.39 is 27.9 Å². The van der Waals surface area contributed by atoms with Gasteiger partial charge in [-0.1, -0.05) is 48.0 Å². The molecule has 0 radical (unpaired) electrons. The molecule has 2 aromatic rings. The molecule has 35 heavy (non-hydrogen) atoms. The number of nitrogens with zero attached hydrogens (tertiary/aromatic N) is 2. The van der Waals surface area contributed by atoms with E-state index in [1.807, 2.05) is 25.1 Å². The third kappa shape index (κ3) is 7.62. The molecule has 1 atom stereocenters. The Morgan fingerprint density at radius 3 is 2.31 bits per heavy atom. The predicted octanol–water partition coefficient (Wildman–Crippen LogP) is 2.58. The van der Waals surface area contributed by atoms with Gasteiger partial charge in [0.15, 0.2) is 0 Å². The number of likely N-dealkylation sites (N-methyl/N-ethyl adjacent to an activating group) is 1. The van der Waals surface area contributed by atoms with Gasteiger partial charge in [0.1, 0.15) is 6.04 Å². The van der Waals surface area contributed by atoms with Gasteiger partial charge in [0, 0.05) is 13.6 Å². The van der Waals surface area contributed by atoms with Gasteiger partial charge in [0.25, 0.3) is 0 Å². The zero-order valence-electron chi connectivity index (χ0n) is 20.6. The smallest absolute Gasteiger partial charge is 0.328 e. The van der Waals surface area contributed by atoms with E-state index in [2.05, 4.69) is 22.3 Å². The molecular weight excluding hydrogens is 466 g/mol. The monoisotopic (exact) mass is 501 g/mol. The van der Waals surface area contributed by atoms with Crippen LogP contribution >= 0.6 is 0 Å². The molecule has 1 aliphatic rings. The van der Waals surface area contributed by atoms with E-state index in [1.54, 1.807) is 12.1 Å². The van der Waals surface area contributed by atoms with Gasteiger partial charge >= 0.3 is 5.97 Å². The number of ether oxygens (including phenoxy) is 1. The number of carbonyl (C=O) groups is 2. The van der Waals surface area contributed by atoms with Crippen molar-refractivity contribution in [3.63, 3.8) is 0 Å². The van der Waals surface area contributed by atoms with Crippen LogP contribution in [0.25, 0.3) is 0 Å². The number of aryl methyl sites for hydroxylation is 1. The van der Waals surface area contributed by atoms with Gasteiger partial charge < -0.3 is 10.1 Å². The van der Waals surface area contributed by atoms with E-state index in [0.29, 0.717) is 6.42 Å². The van der Waals surface area contributed by atoms with Gasteiger partial charge in [-0.15, -0.1) is 0 Å². The predicted molar refractivity (Wildman–Crippen MR) is 134 cm³/mol. The van der Waals surface area contributed by atoms with Gasteiger partial charge in [0.2, 0.25) is 15.9 Å². The van der Waals surface area contributed by atoms with Gasteiger partial charge in [-0.25, -0.2) is 13.2 Å². The molecule has 190 valence electrons. The normalized spacial score (nSPS) is 16.1. The highest BCUT2D eigenvalue weighted by Gasteiger charge is 2.30. The van der Waals surface area contributed by atoms with Crippen LogP contribution in [-0.2, 0) is 30.9 Å². The number of rotatable bonds is 10. The first kappa shape index (κ1) is 26.8. The van der Waals surface area contributed by atoms with Crippen LogP contribution in [0.15, 0.2) is 59.5 Å². The average Bonchev–Trinajstić information content (AvgIpc) is 2.85. The summed E-state index contributed by atoms with van der Waals surface area (Å²) in [5.74, 6) is -0.797. The molecule has 0 saturated carbocycles. The molecule has 1 unspecified atom stereocenters. The second-order valence-corrected chi connectivity index (χ2v) is 11.2. The number of sulfonamides is 1. The molecule has 9 heteroatoms. The molecule has 1 amide bonds. The van der Waals surface area contributed by atoms with Crippen molar-refractivity contribution < 1.29 is 22.7 Å². The molecule has 0 aromatic heterocycles. The van der Waals surface area contributed by atoms with Crippen LogP contribution in [0.3, 0.4) is 0 Å². The van der Waals surface area contributed by atoms with Crippen LogP contribution in [0.2, 0.25) is 0 Å². The highest BCUT2D eigenvalue weighted by Crippen LogP contribution is 2.24. The Morgan fingerprint density at radius 1 is 1.09 bits per heavy atom. The number of nitrogens with one attached hydrogen (secondary N) is 1. The Kier molecular flexibility index (Phi) is 9.42. The number of benzene rings is 2. The van der Waals surface area contributed by atoms with Crippen molar-refractivity contribution >= 4 is 21.9 Å². The van der Waals surface area contributed by atoms with E-state index in [1.165, 1.54) is 31.9 Å². The van der Waals surface area contributed by atoms with Gasteiger partial charge in [-0.2, -0.15) is 4.31 Å². The zero-order valence-corrected chi connectivity index (χ0v) is 21.5. The maximum absolute atomic E-state index is 12.8. The molecule has 0 aliphatic carbocycles. The first-order valence-corrected chi connectivity index (χ1v) is 13.3. The Balaban J connectivity index is 1.53. The molecule has 1 heterocycles. The molecule has 8 nitrogen and oxygen atoms in total. The first-order valence-electron chi connectivity index (χ1n) is 11.9. The lowest BCUT2D eigenvalue weighted by Gasteiger charge is -2.33. The summed E-state index contributed by atoms with van der Waals surface area (Å²) in [5, 5.41) is 2.70. The Bertz CT molecular complexity index is 1080. The number of methoxy groups -OCH3 is 1. The molecule has 1 N–H and O–H groups in total. The minimum Gasteiger partial charge on any atom is -0.467 e. The summed E-state index contributed by atoms with van der Waals surface area (Å²) in [5.41, 5.74) is 2.21. The first-order chi connectivity index (χ1) is 16.7. The fraction of sp³-hybridized carbons (Fsp3) is 0.462. The highest BCUT2D eigenvalue weighted by atomic mass is 32.2. The standard InChI is InChI=1S/C26H35N3O5S/c1-20-9-11-23(12-10-20)35(32,33)28(2)19-25(30)27-24(26(31)34-3)17-21-13-15-29(16-14-21)18-22-7-5-4-6-8-22/h4-12,21,24H,13-19H2,1-3H3,(H,27,30). The summed E-state index contributed by atoms with van der Waals surface area (Å²) in [6.45, 7) is 4.21. The highest BCUT2D eigenvalue weighted by molar-refractivity contribution is 7.89. The summed E-state index contributed by atoms with van der Waals surface area (Å²) >= 11 is 0. The summed E-state index contributed by atoms with van der Waals surface area (Å²) in [4.78, 5) is 27.6. The number of likely N-dealkylation sites (tertiary alicyclic amines) is 1. The molecule has 1 fully saturated rings. The zero-order chi connectivity index (χ0) is 25.4. The Labute approximate surface area is 208 Å². The minimum absolute atomic E-state index is 0.116. The summed E-state index contributed by atoms with van der Waals surface area (Å²) in [7, 11) is -1.18. The molecule has 2 aromatic carbocycles. The minimum atomic E-state index is -3.82. The van der Waals surface area contributed by atoms with Gasteiger partial charge in [-0.3, -0.25) is 9.69 Å². The quantitative estimate of drug-likeness (QED) is 0.503. The van der Waals surface area contributed by atoms with Crippen molar-refractivity contribution in [2.75, 3.05) is 33.8 Å². The fourth-order valence-electron chi connectivity index (χ4n) is 4.33. The molecule has 0 spiro atoms. The van der Waals surface area contributed by atoms with E-state index in [9.17, 15) is 18.0 Å². The lowest BCUT2D eigenvalue weighted by Crippen LogP contribution is -2.47. The lowest BCUT2D eigenvalue weighted by atomic mass is 9.90. The van der Waals surface area contributed by atoms with Gasteiger partial charge in [-0.05, 0) is 62.9 Å². The lowest BCUT2D eigenvalue weighted by molar-refractivity contribution is -0.145. The number of amides is 1. The molecule has 1 aliphatic heterocycles. The number of esters is 1. The summed E-state index contributed by atoms with van der Waals surface area (Å²) < 4.78 is 31.5. The van der Waals surface area contributed by atoms with E-state index >= 15 is 0 Å². The molecule has 1 saturated heterocycles. The number of hydrogen-bond acceptors (Lipinski definition) is 6. The second-order valence-electron chi connectivity index (χ2n) is 9.16. The van der Waals surface area contributed by atoms with E-state index in [-0.39, 0.29) is 17.4 Å². The SMILES string of the molecule is COC(=O)C(CC1CCN(Cc2ccccc2)CC1)NC(=O)CN(C)S(=O)(=O)c1ccc(C)cc1. The van der Waals surface area contributed by atoms with E-state index in [0.717, 1.165) is 42.3 Å². The van der Waals surface area contributed by atoms with Crippen molar-refractivity contribution in [2.24, 2.45) is 5.92 Å². The van der Waals surface area contributed by atoms with Crippen LogP contribution in [0, 0.1) is 12.8 Å². The third-order valence-corrected chi connectivity index (χ3v) is 8.26. The maximum atomic E-state index is 12.8. The average molecular weight is 502 g/mol. The summed E-state index contributed by atoms with van der Waals surface area (Å²) in [6, 6.07) is 15.9.